The molecule has 134 valence electrons. The summed E-state index contributed by atoms with van der Waals surface area (Å²) in [6.07, 6.45) is 1.70. The van der Waals surface area contributed by atoms with E-state index in [1.165, 1.54) is 5.56 Å². The van der Waals surface area contributed by atoms with Crippen molar-refractivity contribution >= 4 is 41.5 Å². The largest absolute Gasteiger partial charge is 0.370 e. The summed E-state index contributed by atoms with van der Waals surface area (Å²) in [5, 5.41) is 5.73. The summed E-state index contributed by atoms with van der Waals surface area (Å²) in [4.78, 5) is 16.0. The fourth-order valence-electron chi connectivity index (χ4n) is 2.37. The normalized spacial score (nSPS) is 10.7. The van der Waals surface area contributed by atoms with E-state index in [9.17, 15) is 4.79 Å². The van der Waals surface area contributed by atoms with Crippen LogP contribution in [0.2, 0.25) is 0 Å². The second-order valence-corrected chi connectivity index (χ2v) is 5.48. The first-order valence-electron chi connectivity index (χ1n) is 8.09. The molecule has 0 aliphatic heterocycles. The number of carbonyl (C=O) groups excluding carboxylic acids is 1. The minimum atomic E-state index is -0.0858. The highest BCUT2D eigenvalue weighted by atomic mass is 127. The van der Waals surface area contributed by atoms with Crippen molar-refractivity contribution in [2.24, 2.45) is 10.7 Å². The Bertz CT molecular complexity index is 731. The number of amides is 1. The molecule has 0 aliphatic carbocycles. The number of guanidine groups is 1. The van der Waals surface area contributed by atoms with Crippen LogP contribution in [-0.4, -0.2) is 25.5 Å². The molecule has 6 heteroatoms. The lowest BCUT2D eigenvalue weighted by Crippen LogP contribution is -2.23. The Balaban J connectivity index is 0.00000312. The van der Waals surface area contributed by atoms with Crippen molar-refractivity contribution in [2.75, 3.05) is 18.9 Å². The van der Waals surface area contributed by atoms with Crippen molar-refractivity contribution in [1.29, 1.82) is 0 Å². The topological polar surface area (TPSA) is 79.5 Å². The Hall–Kier alpha value is -2.09. The Morgan fingerprint density at radius 1 is 1.12 bits per heavy atom. The van der Waals surface area contributed by atoms with E-state index in [2.05, 4.69) is 34.7 Å². The molecule has 2 rings (SSSR count). The van der Waals surface area contributed by atoms with Gasteiger partial charge in [-0.05, 0) is 48.2 Å². The summed E-state index contributed by atoms with van der Waals surface area (Å²) >= 11 is 0. The van der Waals surface area contributed by atoms with Gasteiger partial charge in [0.25, 0.3) is 5.91 Å². The van der Waals surface area contributed by atoms with Crippen LogP contribution in [0.3, 0.4) is 0 Å². The van der Waals surface area contributed by atoms with Gasteiger partial charge in [-0.2, -0.15) is 0 Å². The molecule has 0 aromatic heterocycles. The molecule has 4 N–H and O–H groups in total. The zero-order chi connectivity index (χ0) is 17.4. The summed E-state index contributed by atoms with van der Waals surface area (Å²) in [7, 11) is 1.62. The molecule has 0 bridgehead atoms. The third kappa shape index (κ3) is 6.74. The highest BCUT2D eigenvalue weighted by Gasteiger charge is 2.03. The van der Waals surface area contributed by atoms with Crippen LogP contribution >= 0.6 is 24.0 Å². The average molecular weight is 452 g/mol. The van der Waals surface area contributed by atoms with Crippen molar-refractivity contribution in [3.8, 4) is 0 Å². The van der Waals surface area contributed by atoms with Crippen LogP contribution in [0.15, 0.2) is 53.5 Å². The fourth-order valence-corrected chi connectivity index (χ4v) is 2.37. The summed E-state index contributed by atoms with van der Waals surface area (Å²) in [6.45, 7) is 2.67. The van der Waals surface area contributed by atoms with Crippen molar-refractivity contribution in [3.05, 3.63) is 65.2 Å². The molecule has 0 saturated carbocycles. The van der Waals surface area contributed by atoms with Gasteiger partial charge < -0.3 is 16.4 Å². The molecule has 2 aromatic carbocycles. The Labute approximate surface area is 166 Å². The highest BCUT2D eigenvalue weighted by Crippen LogP contribution is 2.11. The second kappa shape index (κ2) is 10.7. The molecular formula is C19H25IN4O. The van der Waals surface area contributed by atoms with Gasteiger partial charge in [0.1, 0.15) is 0 Å². The number of nitrogens with two attached hydrogens (primary N) is 1. The molecule has 0 spiro atoms. The number of nitrogens with one attached hydrogen (secondary N) is 2. The number of hydrogen-bond acceptors (Lipinski definition) is 2. The fraction of sp³-hybridized carbons (Fsp3) is 0.263. The maximum Gasteiger partial charge on any atom is 0.251 e. The number of carbonyl (C=O) groups is 1. The molecule has 0 unspecified atom stereocenters. The number of nitrogens with zero attached hydrogens (tertiary/aromatic N) is 1. The zero-order valence-electron chi connectivity index (χ0n) is 14.6. The minimum Gasteiger partial charge on any atom is -0.370 e. The third-order valence-electron chi connectivity index (χ3n) is 3.71. The number of benzene rings is 2. The third-order valence-corrected chi connectivity index (χ3v) is 3.71. The molecule has 5 nitrogen and oxygen atoms in total. The van der Waals surface area contributed by atoms with Crippen LogP contribution in [0.25, 0.3) is 0 Å². The maximum atomic E-state index is 11.6. The van der Waals surface area contributed by atoms with Crippen LogP contribution < -0.4 is 16.4 Å². The minimum absolute atomic E-state index is 0. The smallest absolute Gasteiger partial charge is 0.251 e. The van der Waals surface area contributed by atoms with Gasteiger partial charge in [-0.3, -0.25) is 9.79 Å². The number of hydrogen-bond donors (Lipinski definition) is 3. The van der Waals surface area contributed by atoms with Gasteiger partial charge in [-0.15, -0.1) is 24.0 Å². The van der Waals surface area contributed by atoms with Gasteiger partial charge in [-0.25, -0.2) is 0 Å². The monoisotopic (exact) mass is 452 g/mol. The zero-order valence-corrected chi connectivity index (χ0v) is 16.9. The van der Waals surface area contributed by atoms with Crippen LogP contribution in [0.5, 0.6) is 0 Å². The first kappa shape index (κ1) is 21.0. The molecule has 0 radical (unpaired) electrons. The number of halogens is 1. The Morgan fingerprint density at radius 3 is 2.56 bits per heavy atom. The predicted octanol–water partition coefficient (Wildman–Crippen LogP) is 3.20. The van der Waals surface area contributed by atoms with E-state index in [1.807, 2.05) is 30.3 Å². The molecule has 0 saturated heterocycles. The van der Waals surface area contributed by atoms with Crippen molar-refractivity contribution in [1.82, 2.24) is 5.32 Å². The Morgan fingerprint density at radius 2 is 1.84 bits per heavy atom. The molecule has 0 fully saturated rings. The summed E-state index contributed by atoms with van der Waals surface area (Å²) in [5.74, 6) is 0.308. The predicted molar refractivity (Wildman–Crippen MR) is 115 cm³/mol. The van der Waals surface area contributed by atoms with Gasteiger partial charge in [0.05, 0.1) is 0 Å². The quantitative estimate of drug-likeness (QED) is 0.358. The van der Waals surface area contributed by atoms with Gasteiger partial charge in [0.15, 0.2) is 5.96 Å². The summed E-state index contributed by atoms with van der Waals surface area (Å²) in [6, 6.07) is 15.6. The van der Waals surface area contributed by atoms with Crippen molar-refractivity contribution in [3.63, 3.8) is 0 Å². The van der Waals surface area contributed by atoms with Gasteiger partial charge in [-0.1, -0.05) is 31.2 Å². The van der Waals surface area contributed by atoms with E-state index < -0.39 is 0 Å². The van der Waals surface area contributed by atoms with Crippen LogP contribution in [-0.2, 0) is 12.8 Å². The van der Waals surface area contributed by atoms with E-state index >= 15 is 0 Å². The molecule has 2 aromatic rings. The van der Waals surface area contributed by atoms with E-state index in [0.29, 0.717) is 18.1 Å². The van der Waals surface area contributed by atoms with Crippen LogP contribution in [0.1, 0.15) is 28.4 Å². The summed E-state index contributed by atoms with van der Waals surface area (Å²) in [5.41, 5.74) is 9.84. The van der Waals surface area contributed by atoms with Gasteiger partial charge in [0.2, 0.25) is 0 Å². The molecule has 25 heavy (non-hydrogen) atoms. The van der Waals surface area contributed by atoms with Gasteiger partial charge >= 0.3 is 0 Å². The lowest BCUT2D eigenvalue weighted by atomic mass is 10.1. The Kier molecular flexibility index (Phi) is 8.98. The highest BCUT2D eigenvalue weighted by molar-refractivity contribution is 14.0. The second-order valence-electron chi connectivity index (χ2n) is 5.48. The number of aryl methyl sites for hydroxylation is 1. The lowest BCUT2D eigenvalue weighted by molar-refractivity contribution is 0.0963. The van der Waals surface area contributed by atoms with Gasteiger partial charge in [0, 0.05) is 24.8 Å². The molecule has 0 aliphatic rings. The van der Waals surface area contributed by atoms with Crippen molar-refractivity contribution in [2.45, 2.75) is 19.8 Å². The number of rotatable bonds is 6. The first-order valence-corrected chi connectivity index (χ1v) is 8.09. The van der Waals surface area contributed by atoms with E-state index in [0.717, 1.165) is 24.1 Å². The van der Waals surface area contributed by atoms with E-state index in [4.69, 9.17) is 5.73 Å². The van der Waals surface area contributed by atoms with Crippen LogP contribution in [0, 0.1) is 0 Å². The standard InChI is InChI=1S/C19H24N4O.HI/c1-3-14-6-5-9-17(13-14)23-19(20)22-11-10-15-7-4-8-16(12-15)18(24)21-2;/h4-9,12-13H,3,10-11H2,1-2H3,(H,21,24)(H3,20,22,23);1H. The van der Waals surface area contributed by atoms with E-state index in [1.54, 1.807) is 13.1 Å². The SMILES string of the molecule is CCc1cccc(NC(N)=NCCc2cccc(C(=O)NC)c2)c1.I. The first-order chi connectivity index (χ1) is 11.6. The van der Waals surface area contributed by atoms with E-state index in [-0.39, 0.29) is 29.9 Å². The molecule has 1 amide bonds. The maximum absolute atomic E-state index is 11.6. The number of anilines is 1. The molecular weight excluding hydrogens is 427 g/mol. The number of aliphatic imine (C=N–C) groups is 1. The molecule has 0 heterocycles. The molecule has 0 atom stereocenters. The average Bonchev–Trinajstić information content (AvgIpc) is 2.61. The lowest BCUT2D eigenvalue weighted by Gasteiger charge is -2.07. The van der Waals surface area contributed by atoms with Crippen molar-refractivity contribution < 1.29 is 4.79 Å². The van der Waals surface area contributed by atoms with Crippen LogP contribution in [0.4, 0.5) is 5.69 Å². The summed E-state index contributed by atoms with van der Waals surface area (Å²) < 4.78 is 0.